The van der Waals surface area contributed by atoms with Crippen LogP contribution in [0, 0.1) is 6.92 Å². The highest BCUT2D eigenvalue weighted by Gasteiger charge is 2.45. The predicted molar refractivity (Wildman–Crippen MR) is 112 cm³/mol. The van der Waals surface area contributed by atoms with Gasteiger partial charge in [0.2, 0.25) is 0 Å². The number of furan rings is 1. The number of aromatic hydroxyl groups is 1. The summed E-state index contributed by atoms with van der Waals surface area (Å²) in [6.45, 7) is 8.15. The molecule has 29 heavy (non-hydrogen) atoms. The van der Waals surface area contributed by atoms with Crippen molar-refractivity contribution in [1.82, 2.24) is 0 Å². The molecule has 1 aliphatic rings. The van der Waals surface area contributed by atoms with Crippen molar-refractivity contribution >= 4 is 11.0 Å². The van der Waals surface area contributed by atoms with Gasteiger partial charge in [-0.2, -0.15) is 0 Å². The van der Waals surface area contributed by atoms with Crippen molar-refractivity contribution in [3.05, 3.63) is 69.3 Å². The average Bonchev–Trinajstić information content (AvgIpc) is 3.16. The minimum Gasteiger partial charge on any atom is -0.508 e. The molecule has 2 atom stereocenters. The summed E-state index contributed by atoms with van der Waals surface area (Å²) in [5, 5.41) is 10.1. The van der Waals surface area contributed by atoms with Gasteiger partial charge >= 0.3 is 0 Å². The number of phenols is 1. The Bertz CT molecular complexity index is 1150. The van der Waals surface area contributed by atoms with Gasteiger partial charge in [0.1, 0.15) is 22.7 Å². The summed E-state index contributed by atoms with van der Waals surface area (Å²) >= 11 is 0. The first-order valence-corrected chi connectivity index (χ1v) is 9.95. The Morgan fingerprint density at radius 2 is 2.10 bits per heavy atom. The van der Waals surface area contributed by atoms with E-state index in [2.05, 4.69) is 19.1 Å². The third kappa shape index (κ3) is 3.57. The molecular formula is C24H26O5. The van der Waals surface area contributed by atoms with Crippen LogP contribution in [0.1, 0.15) is 56.4 Å². The number of aryl methyl sites for hydroxylation is 1. The number of hydrogen-bond acceptors (Lipinski definition) is 5. The average molecular weight is 394 g/mol. The molecule has 2 aromatic heterocycles. The third-order valence-corrected chi connectivity index (χ3v) is 5.92. The normalized spacial score (nSPS) is 21.4. The molecule has 0 amide bonds. The zero-order chi connectivity index (χ0) is 20.8. The van der Waals surface area contributed by atoms with E-state index in [1.54, 1.807) is 12.3 Å². The monoisotopic (exact) mass is 394 g/mol. The van der Waals surface area contributed by atoms with Crippen LogP contribution in [0.3, 0.4) is 0 Å². The highest BCUT2D eigenvalue weighted by Crippen LogP contribution is 2.46. The van der Waals surface area contributed by atoms with Gasteiger partial charge in [0.25, 0.3) is 5.95 Å². The number of benzene rings is 1. The van der Waals surface area contributed by atoms with Crippen molar-refractivity contribution in [3.8, 4) is 11.7 Å². The zero-order valence-electron chi connectivity index (χ0n) is 17.2. The SMILES string of the molecule is C/C(=C\CC[C@@]1(C)Oc2oc3cc(O)ccc3c(=O)c2[C@@H]1C)Cc1cc(C)co1. The number of fused-ring (bicyclic) bond motifs is 2. The van der Waals surface area contributed by atoms with E-state index >= 15 is 0 Å². The topological polar surface area (TPSA) is 72.8 Å². The van der Waals surface area contributed by atoms with Crippen LogP contribution in [-0.2, 0) is 6.42 Å². The summed E-state index contributed by atoms with van der Waals surface area (Å²) in [5.41, 5.74) is 2.68. The van der Waals surface area contributed by atoms with Crippen molar-refractivity contribution in [2.45, 2.75) is 58.5 Å². The maximum Gasteiger partial charge on any atom is 0.293 e. The molecule has 0 fully saturated rings. The minimum absolute atomic E-state index is 0.0572. The first-order chi connectivity index (χ1) is 13.8. The van der Waals surface area contributed by atoms with Gasteiger partial charge in [-0.15, -0.1) is 0 Å². The molecule has 5 heteroatoms. The van der Waals surface area contributed by atoms with Gasteiger partial charge in [0.05, 0.1) is 17.2 Å². The Kier molecular flexibility index (Phi) is 4.77. The summed E-state index contributed by atoms with van der Waals surface area (Å²) < 4.78 is 17.5. The largest absolute Gasteiger partial charge is 0.508 e. The fraction of sp³-hybridized carbons (Fsp3) is 0.375. The van der Waals surface area contributed by atoms with Crippen LogP contribution < -0.4 is 10.2 Å². The molecule has 0 unspecified atom stereocenters. The summed E-state index contributed by atoms with van der Waals surface area (Å²) in [4.78, 5) is 13.0. The van der Waals surface area contributed by atoms with Crippen molar-refractivity contribution in [3.63, 3.8) is 0 Å². The predicted octanol–water partition coefficient (Wildman–Crippen LogP) is 5.62. The Labute approximate surface area is 169 Å². The molecule has 0 aliphatic carbocycles. The van der Waals surface area contributed by atoms with Crippen molar-refractivity contribution in [1.29, 1.82) is 0 Å². The molecule has 0 bridgehead atoms. The van der Waals surface area contributed by atoms with Gasteiger partial charge in [-0.1, -0.05) is 18.6 Å². The first-order valence-electron chi connectivity index (χ1n) is 9.95. The van der Waals surface area contributed by atoms with Crippen LogP contribution >= 0.6 is 0 Å². The van der Waals surface area contributed by atoms with E-state index in [0.717, 1.165) is 30.6 Å². The van der Waals surface area contributed by atoms with Gasteiger partial charge < -0.3 is 18.7 Å². The summed E-state index contributed by atoms with van der Waals surface area (Å²) in [7, 11) is 0. The summed E-state index contributed by atoms with van der Waals surface area (Å²) in [6.07, 6.45) is 6.34. The van der Waals surface area contributed by atoms with Crippen LogP contribution in [0.2, 0.25) is 0 Å². The van der Waals surface area contributed by atoms with Crippen LogP contribution in [0.4, 0.5) is 0 Å². The second-order valence-corrected chi connectivity index (χ2v) is 8.31. The van der Waals surface area contributed by atoms with Crippen LogP contribution in [0.15, 0.2) is 55.8 Å². The van der Waals surface area contributed by atoms with E-state index in [1.165, 1.54) is 17.7 Å². The number of rotatable bonds is 5. The van der Waals surface area contributed by atoms with E-state index in [9.17, 15) is 9.90 Å². The number of hydrogen-bond donors (Lipinski definition) is 1. The summed E-state index contributed by atoms with van der Waals surface area (Å²) in [5.74, 6) is 1.20. The van der Waals surface area contributed by atoms with E-state index in [4.69, 9.17) is 13.6 Å². The van der Waals surface area contributed by atoms with Gasteiger partial charge in [-0.3, -0.25) is 4.79 Å². The van der Waals surface area contributed by atoms with Gasteiger partial charge in [0, 0.05) is 18.4 Å². The highest BCUT2D eigenvalue weighted by atomic mass is 16.6. The fourth-order valence-corrected chi connectivity index (χ4v) is 4.03. The molecule has 3 aromatic rings. The maximum absolute atomic E-state index is 13.0. The van der Waals surface area contributed by atoms with Gasteiger partial charge in [0.15, 0.2) is 5.43 Å². The standard InChI is InChI=1S/C24H26O5/c1-14(10-18-11-15(2)13-27-18)6-5-9-24(4)16(3)21-22(26)19-8-7-17(25)12-20(19)28-23(21)29-24/h6-8,11-13,16,25H,5,9-10H2,1-4H3/b14-6+/t16-,24+/m0/s1. The summed E-state index contributed by atoms with van der Waals surface area (Å²) in [6, 6.07) is 6.60. The van der Waals surface area contributed by atoms with E-state index in [0.29, 0.717) is 16.5 Å². The lowest BCUT2D eigenvalue weighted by Gasteiger charge is -2.27. The molecule has 1 N–H and O–H groups in total. The van der Waals surface area contributed by atoms with Crippen molar-refractivity contribution in [2.75, 3.05) is 0 Å². The molecule has 1 aromatic carbocycles. The molecule has 152 valence electrons. The number of allylic oxidation sites excluding steroid dienone is 2. The lowest BCUT2D eigenvalue weighted by molar-refractivity contribution is 0.0638. The van der Waals surface area contributed by atoms with Crippen LogP contribution in [0.5, 0.6) is 11.7 Å². The van der Waals surface area contributed by atoms with Gasteiger partial charge in [-0.25, -0.2) is 0 Å². The fourth-order valence-electron chi connectivity index (χ4n) is 4.03. The Hall–Kier alpha value is -2.95. The molecule has 4 rings (SSSR count). The Balaban J connectivity index is 1.52. The van der Waals surface area contributed by atoms with E-state index in [-0.39, 0.29) is 23.0 Å². The van der Waals surface area contributed by atoms with Gasteiger partial charge in [-0.05, 0) is 57.4 Å². The van der Waals surface area contributed by atoms with Crippen LogP contribution in [-0.4, -0.2) is 10.7 Å². The molecule has 1 aliphatic heterocycles. The smallest absolute Gasteiger partial charge is 0.293 e. The molecule has 0 spiro atoms. The lowest BCUT2D eigenvalue weighted by atomic mass is 9.83. The molecule has 3 heterocycles. The van der Waals surface area contributed by atoms with E-state index in [1.807, 2.05) is 20.8 Å². The van der Waals surface area contributed by atoms with Crippen LogP contribution in [0.25, 0.3) is 11.0 Å². The second-order valence-electron chi connectivity index (χ2n) is 8.31. The maximum atomic E-state index is 13.0. The second kappa shape index (κ2) is 7.14. The lowest BCUT2D eigenvalue weighted by Crippen LogP contribution is -2.33. The molecule has 5 nitrogen and oxygen atoms in total. The number of phenolic OH excluding ortho intramolecular Hbond substituents is 1. The molecular weight excluding hydrogens is 368 g/mol. The quantitative estimate of drug-likeness (QED) is 0.568. The Morgan fingerprint density at radius 3 is 2.83 bits per heavy atom. The molecule has 0 saturated heterocycles. The third-order valence-electron chi connectivity index (χ3n) is 5.92. The molecule has 0 saturated carbocycles. The molecule has 0 radical (unpaired) electrons. The minimum atomic E-state index is -0.525. The van der Waals surface area contributed by atoms with E-state index < -0.39 is 5.60 Å². The Morgan fingerprint density at radius 1 is 1.31 bits per heavy atom. The highest BCUT2D eigenvalue weighted by molar-refractivity contribution is 5.79. The van der Waals surface area contributed by atoms with Crippen molar-refractivity contribution in [2.24, 2.45) is 0 Å². The van der Waals surface area contributed by atoms with Crippen molar-refractivity contribution < 1.29 is 18.7 Å². The zero-order valence-corrected chi connectivity index (χ0v) is 17.2. The first kappa shape index (κ1) is 19.4. The number of ether oxygens (including phenoxy) is 1.